The Kier molecular flexibility index (Phi) is 8.59. The molecule has 0 aliphatic heterocycles. The molecule has 4 aromatic carbocycles. The van der Waals surface area contributed by atoms with Gasteiger partial charge in [-0.3, -0.25) is 4.98 Å². The summed E-state index contributed by atoms with van der Waals surface area (Å²) in [4.78, 5) is 5.13. The van der Waals surface area contributed by atoms with Crippen molar-refractivity contribution in [1.82, 2.24) is 4.98 Å². The van der Waals surface area contributed by atoms with Gasteiger partial charge < -0.3 is 24.7 Å². The molecule has 1 aromatic heterocycles. The van der Waals surface area contributed by atoms with Crippen molar-refractivity contribution in [2.24, 2.45) is 0 Å². The number of aromatic nitrogens is 1. The van der Waals surface area contributed by atoms with E-state index in [0.717, 1.165) is 38.7 Å². The maximum Gasteiger partial charge on any atom is 0.203 e. The van der Waals surface area contributed by atoms with Gasteiger partial charge >= 0.3 is 0 Å². The topological polar surface area (TPSA) is 75.8 Å². The molecule has 6 nitrogen and oxygen atoms in total. The summed E-state index contributed by atoms with van der Waals surface area (Å²) in [5.74, 6) is 2.39. The molecule has 0 fully saturated rings. The lowest BCUT2D eigenvalue weighted by Crippen LogP contribution is -2.10. The number of rotatable bonds is 11. The van der Waals surface area contributed by atoms with Gasteiger partial charge in [-0.05, 0) is 66.1 Å². The van der Waals surface area contributed by atoms with Gasteiger partial charge in [-0.1, -0.05) is 66.7 Å². The van der Waals surface area contributed by atoms with Crippen molar-refractivity contribution in [3.05, 3.63) is 119 Å². The van der Waals surface area contributed by atoms with Crippen LogP contribution in [0.25, 0.3) is 10.8 Å². The minimum Gasteiger partial charge on any atom is -0.493 e. The molecule has 0 unspecified atom stereocenters. The second-order valence-electron chi connectivity index (χ2n) is 9.70. The maximum atomic E-state index is 6.89. The summed E-state index contributed by atoms with van der Waals surface area (Å²) in [6.45, 7) is 4.92. The highest BCUT2D eigenvalue weighted by Crippen LogP contribution is 2.43. The van der Waals surface area contributed by atoms with Crippen molar-refractivity contribution in [2.45, 2.75) is 26.2 Å². The molecule has 5 rings (SSSR count). The molecule has 0 amide bonds. The van der Waals surface area contributed by atoms with E-state index in [9.17, 15) is 0 Å². The van der Waals surface area contributed by atoms with E-state index in [1.54, 1.807) is 14.2 Å². The zero-order valence-electron chi connectivity index (χ0n) is 24.0. The van der Waals surface area contributed by atoms with Crippen molar-refractivity contribution in [2.75, 3.05) is 33.2 Å². The van der Waals surface area contributed by atoms with Crippen molar-refractivity contribution in [1.29, 1.82) is 0 Å². The molecule has 5 aromatic rings. The predicted molar refractivity (Wildman–Crippen MR) is 165 cm³/mol. The standard InChI is InChI=1S/C35H36N2O4/c1-5-40-28-18-17-27-26(19-23-20-29(38-3)35(41-6-2)30(21-23)39-4)22-37-34(32(27)33(28)36)31(24-13-9-7-10-14-24)25-15-11-8-12-16-25/h7-18,20-22,31H,5-6,19,36H2,1-4H3. The molecule has 1 heterocycles. The van der Waals surface area contributed by atoms with E-state index in [4.69, 9.17) is 29.7 Å². The van der Waals surface area contributed by atoms with Crippen LogP contribution in [0.3, 0.4) is 0 Å². The Hall–Kier alpha value is -4.71. The molecule has 2 N–H and O–H groups in total. The number of benzene rings is 4. The lowest BCUT2D eigenvalue weighted by molar-refractivity contribution is 0.288. The first-order chi connectivity index (χ1) is 20.1. The molecule has 41 heavy (non-hydrogen) atoms. The van der Waals surface area contributed by atoms with E-state index >= 15 is 0 Å². The molecule has 0 radical (unpaired) electrons. The SMILES string of the molecule is CCOc1ccc2c(Cc3cc(OC)c(OCC)c(OC)c3)cnc(C(c3ccccc3)c3ccccc3)c2c1N. The Bertz CT molecular complexity index is 1560. The molecule has 0 saturated carbocycles. The van der Waals surface area contributed by atoms with E-state index in [0.29, 0.717) is 48.3 Å². The highest BCUT2D eigenvalue weighted by Gasteiger charge is 2.24. The van der Waals surface area contributed by atoms with Gasteiger partial charge in [0.15, 0.2) is 11.5 Å². The van der Waals surface area contributed by atoms with Crippen LogP contribution in [0.15, 0.2) is 91.1 Å². The largest absolute Gasteiger partial charge is 0.493 e. The summed E-state index contributed by atoms with van der Waals surface area (Å²) in [6.07, 6.45) is 2.56. The first-order valence-corrected chi connectivity index (χ1v) is 13.9. The average Bonchev–Trinajstić information content (AvgIpc) is 3.01. The summed E-state index contributed by atoms with van der Waals surface area (Å²) in [5.41, 5.74) is 12.7. The number of hydrogen-bond acceptors (Lipinski definition) is 6. The molecule has 0 atom stereocenters. The third-order valence-electron chi connectivity index (χ3n) is 7.21. The summed E-state index contributed by atoms with van der Waals surface area (Å²) >= 11 is 0. The molecule has 0 saturated heterocycles. The van der Waals surface area contributed by atoms with Crippen LogP contribution in [0.4, 0.5) is 5.69 Å². The predicted octanol–water partition coefficient (Wildman–Crippen LogP) is 7.40. The Morgan fingerprint density at radius 2 is 1.32 bits per heavy atom. The first kappa shape index (κ1) is 27.8. The van der Waals surface area contributed by atoms with Crippen molar-refractivity contribution in [3.63, 3.8) is 0 Å². The van der Waals surface area contributed by atoms with Gasteiger partial charge in [-0.25, -0.2) is 0 Å². The summed E-state index contributed by atoms with van der Waals surface area (Å²) in [6, 6.07) is 28.9. The van der Waals surface area contributed by atoms with Gasteiger partial charge in [-0.2, -0.15) is 0 Å². The second-order valence-corrected chi connectivity index (χ2v) is 9.70. The first-order valence-electron chi connectivity index (χ1n) is 13.9. The average molecular weight is 549 g/mol. The van der Waals surface area contributed by atoms with Crippen molar-refractivity contribution in [3.8, 4) is 23.0 Å². The third kappa shape index (κ3) is 5.64. The quantitative estimate of drug-likeness (QED) is 0.173. The fourth-order valence-corrected chi connectivity index (χ4v) is 5.41. The molecule has 6 heteroatoms. The van der Waals surface area contributed by atoms with Crippen LogP contribution >= 0.6 is 0 Å². The number of nitrogens with two attached hydrogens (primary N) is 1. The molecule has 0 spiro atoms. The van der Waals surface area contributed by atoms with E-state index in [2.05, 4.69) is 54.6 Å². The van der Waals surface area contributed by atoms with E-state index in [1.165, 1.54) is 0 Å². The highest BCUT2D eigenvalue weighted by atomic mass is 16.5. The molecular formula is C35H36N2O4. The second kappa shape index (κ2) is 12.6. The number of nitrogen functional groups attached to an aromatic ring is 1. The van der Waals surface area contributed by atoms with Crippen LogP contribution in [0.5, 0.6) is 23.0 Å². The third-order valence-corrected chi connectivity index (χ3v) is 7.21. The number of methoxy groups -OCH3 is 2. The monoisotopic (exact) mass is 548 g/mol. The number of pyridine rings is 1. The van der Waals surface area contributed by atoms with Gasteiger partial charge in [0, 0.05) is 11.6 Å². The van der Waals surface area contributed by atoms with Gasteiger partial charge in [0.2, 0.25) is 5.75 Å². The fourth-order valence-electron chi connectivity index (χ4n) is 5.41. The summed E-state index contributed by atoms with van der Waals surface area (Å²) < 4.78 is 23.1. The Morgan fingerprint density at radius 3 is 1.85 bits per heavy atom. The van der Waals surface area contributed by atoms with Crippen molar-refractivity contribution < 1.29 is 18.9 Å². The number of fused-ring (bicyclic) bond motifs is 1. The Balaban J connectivity index is 1.71. The number of nitrogens with zero attached hydrogens (tertiary/aromatic N) is 1. The van der Waals surface area contributed by atoms with Gasteiger partial charge in [0.1, 0.15) is 5.75 Å². The van der Waals surface area contributed by atoms with E-state index in [1.807, 2.05) is 50.4 Å². The Morgan fingerprint density at radius 1 is 0.732 bits per heavy atom. The number of ether oxygens (including phenoxy) is 4. The summed E-state index contributed by atoms with van der Waals surface area (Å²) in [7, 11) is 3.27. The van der Waals surface area contributed by atoms with Gasteiger partial charge in [0.05, 0.1) is 44.7 Å². The molecule has 0 aliphatic rings. The van der Waals surface area contributed by atoms with Crippen LogP contribution in [-0.4, -0.2) is 32.4 Å². The van der Waals surface area contributed by atoms with Crippen LogP contribution in [0.2, 0.25) is 0 Å². The molecular weight excluding hydrogens is 512 g/mol. The maximum absolute atomic E-state index is 6.89. The van der Waals surface area contributed by atoms with Crippen LogP contribution < -0.4 is 24.7 Å². The normalized spacial score (nSPS) is 11.0. The highest BCUT2D eigenvalue weighted by molar-refractivity contribution is 6.00. The van der Waals surface area contributed by atoms with E-state index in [-0.39, 0.29) is 5.92 Å². The zero-order valence-corrected chi connectivity index (χ0v) is 24.0. The zero-order chi connectivity index (χ0) is 28.8. The number of hydrogen-bond donors (Lipinski definition) is 1. The lowest BCUT2D eigenvalue weighted by Gasteiger charge is -2.23. The number of anilines is 1. The van der Waals surface area contributed by atoms with Crippen LogP contribution in [-0.2, 0) is 6.42 Å². The molecule has 0 aliphatic carbocycles. The minimum absolute atomic E-state index is 0.112. The smallest absolute Gasteiger partial charge is 0.203 e. The summed E-state index contributed by atoms with van der Waals surface area (Å²) in [5, 5.41) is 1.93. The van der Waals surface area contributed by atoms with Gasteiger partial charge in [-0.15, -0.1) is 0 Å². The van der Waals surface area contributed by atoms with Crippen LogP contribution in [0, 0.1) is 0 Å². The van der Waals surface area contributed by atoms with Crippen LogP contribution in [0.1, 0.15) is 47.7 Å². The molecule has 210 valence electrons. The minimum atomic E-state index is -0.112. The molecule has 0 bridgehead atoms. The Labute approximate surface area is 241 Å². The lowest BCUT2D eigenvalue weighted by atomic mass is 9.84. The van der Waals surface area contributed by atoms with E-state index < -0.39 is 0 Å². The van der Waals surface area contributed by atoms with Crippen molar-refractivity contribution >= 4 is 16.5 Å². The van der Waals surface area contributed by atoms with Gasteiger partial charge in [0.25, 0.3) is 0 Å². The fraction of sp³-hybridized carbons (Fsp3) is 0.229.